The van der Waals surface area contributed by atoms with E-state index in [4.69, 9.17) is 4.74 Å². The van der Waals surface area contributed by atoms with E-state index in [9.17, 15) is 9.18 Å². The van der Waals surface area contributed by atoms with E-state index in [1.807, 2.05) is 4.90 Å². The molecule has 1 heterocycles. The van der Waals surface area contributed by atoms with Gasteiger partial charge in [-0.2, -0.15) is 0 Å². The zero-order chi connectivity index (χ0) is 13.9. The van der Waals surface area contributed by atoms with Crippen LogP contribution < -0.4 is 0 Å². The molecule has 4 heteroatoms. The third-order valence-corrected chi connectivity index (χ3v) is 4.37. The van der Waals surface area contributed by atoms with Crippen LogP contribution in [-0.2, 0) is 9.53 Å². The van der Waals surface area contributed by atoms with E-state index in [0.717, 1.165) is 31.2 Å². The summed E-state index contributed by atoms with van der Waals surface area (Å²) in [6.07, 6.45) is 4.32. The molecule has 1 unspecified atom stereocenters. The molecule has 2 aliphatic rings. The molecule has 1 saturated heterocycles. The Morgan fingerprint density at radius 2 is 1.90 bits per heavy atom. The Morgan fingerprint density at radius 3 is 2.60 bits per heavy atom. The summed E-state index contributed by atoms with van der Waals surface area (Å²) < 4.78 is 18.6. The summed E-state index contributed by atoms with van der Waals surface area (Å²) >= 11 is 0. The van der Waals surface area contributed by atoms with E-state index in [-0.39, 0.29) is 23.7 Å². The number of amides is 1. The second kappa shape index (κ2) is 5.92. The Hall–Kier alpha value is -1.42. The largest absolute Gasteiger partial charge is 0.377 e. The minimum absolute atomic E-state index is 0.0718. The van der Waals surface area contributed by atoms with E-state index in [2.05, 4.69) is 0 Å². The summed E-state index contributed by atoms with van der Waals surface area (Å²) in [5.41, 5.74) is 0.956. The molecule has 20 heavy (non-hydrogen) atoms. The predicted octanol–water partition coefficient (Wildman–Crippen LogP) is 2.92. The van der Waals surface area contributed by atoms with Gasteiger partial charge in [0.1, 0.15) is 5.82 Å². The van der Waals surface area contributed by atoms with Gasteiger partial charge in [-0.25, -0.2) is 4.39 Å². The lowest BCUT2D eigenvalue weighted by molar-refractivity contribution is -0.144. The first-order chi connectivity index (χ1) is 9.75. The SMILES string of the molecule is O=C(C1CCCC1)N1CCOCC1c1ccc(F)cc1. The molecule has 1 atom stereocenters. The molecule has 1 aromatic rings. The molecule has 3 rings (SSSR count). The van der Waals surface area contributed by atoms with Gasteiger partial charge in [0.05, 0.1) is 19.3 Å². The van der Waals surface area contributed by atoms with Gasteiger partial charge < -0.3 is 9.64 Å². The van der Waals surface area contributed by atoms with Crippen LogP contribution in [0.1, 0.15) is 37.3 Å². The first kappa shape index (κ1) is 13.6. The number of rotatable bonds is 2. The average Bonchev–Trinajstić information content (AvgIpc) is 3.02. The number of nitrogens with zero attached hydrogens (tertiary/aromatic N) is 1. The van der Waals surface area contributed by atoms with Gasteiger partial charge in [-0.15, -0.1) is 0 Å². The Balaban J connectivity index is 1.79. The normalized spacial score (nSPS) is 24.1. The van der Waals surface area contributed by atoms with Gasteiger partial charge >= 0.3 is 0 Å². The van der Waals surface area contributed by atoms with Gasteiger partial charge in [0.25, 0.3) is 0 Å². The third kappa shape index (κ3) is 2.70. The molecular formula is C16H20FNO2. The second-order valence-electron chi connectivity index (χ2n) is 5.66. The molecule has 0 N–H and O–H groups in total. The van der Waals surface area contributed by atoms with Crippen molar-refractivity contribution in [2.45, 2.75) is 31.7 Å². The molecule has 0 bridgehead atoms. The monoisotopic (exact) mass is 277 g/mol. The van der Waals surface area contributed by atoms with Gasteiger partial charge in [-0.3, -0.25) is 4.79 Å². The van der Waals surface area contributed by atoms with E-state index < -0.39 is 0 Å². The minimum atomic E-state index is -0.251. The summed E-state index contributed by atoms with van der Waals surface area (Å²) in [6.45, 7) is 1.73. The lowest BCUT2D eigenvalue weighted by atomic mass is 10.0. The van der Waals surface area contributed by atoms with Crippen LogP contribution in [-0.4, -0.2) is 30.6 Å². The fourth-order valence-electron chi connectivity index (χ4n) is 3.24. The smallest absolute Gasteiger partial charge is 0.226 e. The van der Waals surface area contributed by atoms with Crippen LogP contribution in [0.3, 0.4) is 0 Å². The molecule has 0 spiro atoms. The topological polar surface area (TPSA) is 29.5 Å². The van der Waals surface area contributed by atoms with Gasteiger partial charge in [-0.1, -0.05) is 25.0 Å². The van der Waals surface area contributed by atoms with E-state index in [1.54, 1.807) is 12.1 Å². The van der Waals surface area contributed by atoms with Crippen molar-refractivity contribution in [3.05, 3.63) is 35.6 Å². The van der Waals surface area contributed by atoms with Gasteiger partial charge in [-0.05, 0) is 30.5 Å². The molecule has 1 aliphatic heterocycles. The van der Waals surface area contributed by atoms with Crippen molar-refractivity contribution in [1.82, 2.24) is 4.90 Å². The summed E-state index contributed by atoms with van der Waals surface area (Å²) in [7, 11) is 0. The van der Waals surface area contributed by atoms with Crippen molar-refractivity contribution in [3.8, 4) is 0 Å². The highest BCUT2D eigenvalue weighted by Crippen LogP contribution is 2.31. The lowest BCUT2D eigenvalue weighted by Crippen LogP contribution is -2.45. The van der Waals surface area contributed by atoms with Crippen molar-refractivity contribution >= 4 is 5.91 Å². The minimum Gasteiger partial charge on any atom is -0.377 e. The van der Waals surface area contributed by atoms with Crippen molar-refractivity contribution < 1.29 is 13.9 Å². The number of carbonyl (C=O) groups excluding carboxylic acids is 1. The number of halogens is 1. The molecule has 0 aromatic heterocycles. The Kier molecular flexibility index (Phi) is 4.01. The first-order valence-corrected chi connectivity index (χ1v) is 7.39. The molecule has 1 amide bonds. The van der Waals surface area contributed by atoms with E-state index in [1.165, 1.54) is 12.1 Å². The van der Waals surface area contributed by atoms with Crippen LogP contribution >= 0.6 is 0 Å². The average molecular weight is 277 g/mol. The van der Waals surface area contributed by atoms with Gasteiger partial charge in [0.15, 0.2) is 0 Å². The maximum Gasteiger partial charge on any atom is 0.226 e. The summed E-state index contributed by atoms with van der Waals surface area (Å²) in [4.78, 5) is 14.6. The standard InChI is InChI=1S/C16H20FNO2/c17-14-7-5-12(6-8-14)15-11-20-10-9-18(15)16(19)13-3-1-2-4-13/h5-8,13,15H,1-4,9-11H2. The highest BCUT2D eigenvalue weighted by atomic mass is 19.1. The van der Waals surface area contributed by atoms with Crippen molar-refractivity contribution in [2.75, 3.05) is 19.8 Å². The second-order valence-corrected chi connectivity index (χ2v) is 5.66. The maximum atomic E-state index is 13.0. The number of hydrogen-bond acceptors (Lipinski definition) is 2. The number of carbonyl (C=O) groups is 1. The van der Waals surface area contributed by atoms with Crippen LogP contribution in [0.15, 0.2) is 24.3 Å². The van der Waals surface area contributed by atoms with Crippen molar-refractivity contribution in [2.24, 2.45) is 5.92 Å². The molecule has 1 aromatic carbocycles. The Labute approximate surface area is 118 Å². The number of hydrogen-bond donors (Lipinski definition) is 0. The highest BCUT2D eigenvalue weighted by molar-refractivity contribution is 5.79. The van der Waals surface area contributed by atoms with Crippen LogP contribution in [0.4, 0.5) is 4.39 Å². The summed E-state index contributed by atoms with van der Waals surface area (Å²) in [5.74, 6) is 0.176. The molecule has 1 aliphatic carbocycles. The molecule has 3 nitrogen and oxygen atoms in total. The molecular weight excluding hydrogens is 257 g/mol. The van der Waals surface area contributed by atoms with Gasteiger partial charge in [0, 0.05) is 12.5 Å². The van der Waals surface area contributed by atoms with E-state index in [0.29, 0.717) is 19.8 Å². The maximum absolute atomic E-state index is 13.0. The fraction of sp³-hybridized carbons (Fsp3) is 0.562. The molecule has 2 fully saturated rings. The zero-order valence-corrected chi connectivity index (χ0v) is 11.6. The highest BCUT2D eigenvalue weighted by Gasteiger charge is 2.33. The zero-order valence-electron chi connectivity index (χ0n) is 11.6. The van der Waals surface area contributed by atoms with Crippen LogP contribution in [0.5, 0.6) is 0 Å². The summed E-state index contributed by atoms with van der Waals surface area (Å²) in [6, 6.07) is 6.33. The molecule has 0 radical (unpaired) electrons. The predicted molar refractivity (Wildman–Crippen MR) is 73.6 cm³/mol. The number of morpholine rings is 1. The van der Waals surface area contributed by atoms with Crippen LogP contribution in [0, 0.1) is 11.7 Å². The molecule has 108 valence electrons. The van der Waals surface area contributed by atoms with Crippen LogP contribution in [0.25, 0.3) is 0 Å². The third-order valence-electron chi connectivity index (χ3n) is 4.37. The molecule has 1 saturated carbocycles. The van der Waals surface area contributed by atoms with E-state index >= 15 is 0 Å². The van der Waals surface area contributed by atoms with Gasteiger partial charge in [0.2, 0.25) is 5.91 Å². The van der Waals surface area contributed by atoms with Crippen LogP contribution in [0.2, 0.25) is 0 Å². The summed E-state index contributed by atoms with van der Waals surface area (Å²) in [5, 5.41) is 0. The van der Waals surface area contributed by atoms with Crippen molar-refractivity contribution in [3.63, 3.8) is 0 Å². The number of benzene rings is 1. The first-order valence-electron chi connectivity index (χ1n) is 7.39. The Morgan fingerprint density at radius 1 is 1.20 bits per heavy atom. The Bertz CT molecular complexity index is 468. The lowest BCUT2D eigenvalue weighted by Gasteiger charge is -2.37. The number of ether oxygens (including phenoxy) is 1. The quantitative estimate of drug-likeness (QED) is 0.832. The fourth-order valence-corrected chi connectivity index (χ4v) is 3.24. The van der Waals surface area contributed by atoms with Crippen molar-refractivity contribution in [1.29, 1.82) is 0 Å².